The molecule has 10 heteroatoms. The Morgan fingerprint density at radius 3 is 2.65 bits per heavy atom. The number of carbonyl (C=O) groups excluding carboxylic acids is 1. The van der Waals surface area contributed by atoms with E-state index in [1.165, 1.54) is 13.3 Å². The van der Waals surface area contributed by atoms with Crippen LogP contribution in [0, 0.1) is 6.92 Å². The van der Waals surface area contributed by atoms with E-state index in [1.54, 1.807) is 18.2 Å². The Kier molecular flexibility index (Phi) is 6.11. The van der Waals surface area contributed by atoms with Crippen molar-refractivity contribution in [2.24, 2.45) is 0 Å². The zero-order valence-corrected chi connectivity index (χ0v) is 18.4. The van der Waals surface area contributed by atoms with Crippen molar-refractivity contribution in [1.29, 1.82) is 0 Å². The van der Waals surface area contributed by atoms with Crippen LogP contribution in [0.25, 0.3) is 0 Å². The summed E-state index contributed by atoms with van der Waals surface area (Å²) in [4.78, 5) is 26.3. The van der Waals surface area contributed by atoms with Gasteiger partial charge in [-0.3, -0.25) is 4.79 Å². The fraction of sp³-hybridized carbons (Fsp3) is 0.238. The van der Waals surface area contributed by atoms with Gasteiger partial charge in [0.25, 0.3) is 0 Å². The number of amides is 1. The maximum Gasteiger partial charge on any atom is 0.232 e. The molecule has 3 aromatic rings. The highest BCUT2D eigenvalue weighted by molar-refractivity contribution is 6.42. The topological polar surface area (TPSA) is 92.3 Å². The molecule has 1 aliphatic rings. The molecule has 2 aromatic carbocycles. The van der Waals surface area contributed by atoms with E-state index in [4.69, 9.17) is 27.9 Å². The summed E-state index contributed by atoms with van der Waals surface area (Å²) in [5, 5.41) is 6.95. The van der Waals surface area contributed by atoms with Gasteiger partial charge < -0.3 is 20.3 Å². The van der Waals surface area contributed by atoms with Crippen LogP contribution in [-0.4, -0.2) is 40.1 Å². The Morgan fingerprint density at radius 2 is 1.90 bits per heavy atom. The van der Waals surface area contributed by atoms with Gasteiger partial charge in [0.2, 0.25) is 17.8 Å². The van der Waals surface area contributed by atoms with Crippen molar-refractivity contribution in [2.75, 3.05) is 28.6 Å². The lowest BCUT2D eigenvalue weighted by molar-refractivity contribution is -0.114. The average molecular weight is 459 g/mol. The summed E-state index contributed by atoms with van der Waals surface area (Å²) >= 11 is 12.0. The second-order valence-corrected chi connectivity index (χ2v) is 7.93. The van der Waals surface area contributed by atoms with Crippen molar-refractivity contribution in [3.05, 3.63) is 58.3 Å². The Bertz CT molecular complexity index is 1120. The van der Waals surface area contributed by atoms with Gasteiger partial charge in [0.05, 0.1) is 23.1 Å². The smallest absolute Gasteiger partial charge is 0.232 e. The number of hydrogen-bond donors (Lipinski definition) is 2. The zero-order valence-electron chi connectivity index (χ0n) is 16.9. The van der Waals surface area contributed by atoms with Crippen molar-refractivity contribution < 1.29 is 9.53 Å². The molecule has 0 unspecified atom stereocenters. The number of nitrogens with zero attached hydrogens (tertiary/aromatic N) is 4. The summed E-state index contributed by atoms with van der Waals surface area (Å²) in [6.45, 7) is 4.67. The lowest BCUT2D eigenvalue weighted by Gasteiger charge is -2.38. The van der Waals surface area contributed by atoms with Gasteiger partial charge in [-0.1, -0.05) is 29.3 Å². The van der Waals surface area contributed by atoms with Crippen LogP contribution in [0.2, 0.25) is 10.0 Å². The van der Waals surface area contributed by atoms with Gasteiger partial charge in [-0.2, -0.15) is 4.98 Å². The summed E-state index contributed by atoms with van der Waals surface area (Å²) in [6.07, 6.45) is 1.46. The summed E-state index contributed by atoms with van der Waals surface area (Å²) < 4.78 is 5.92. The maximum absolute atomic E-state index is 11.4. The molecule has 0 spiro atoms. The highest BCUT2D eigenvalue weighted by atomic mass is 35.5. The lowest BCUT2D eigenvalue weighted by atomic mass is 10.1. The van der Waals surface area contributed by atoms with E-state index in [-0.39, 0.29) is 12.0 Å². The van der Waals surface area contributed by atoms with E-state index in [0.29, 0.717) is 40.8 Å². The average Bonchev–Trinajstić information content (AvgIpc) is 2.70. The molecular weight excluding hydrogens is 439 g/mol. The van der Waals surface area contributed by atoms with E-state index >= 15 is 0 Å². The fourth-order valence-corrected chi connectivity index (χ4v) is 3.42. The van der Waals surface area contributed by atoms with Crippen molar-refractivity contribution in [3.63, 3.8) is 0 Å². The third-order valence-electron chi connectivity index (χ3n) is 4.77. The quantitative estimate of drug-likeness (QED) is 0.563. The molecule has 1 saturated heterocycles. The number of aromatic nitrogens is 3. The number of benzene rings is 2. The van der Waals surface area contributed by atoms with Crippen LogP contribution in [0.15, 0.2) is 42.7 Å². The first-order chi connectivity index (χ1) is 14.9. The van der Waals surface area contributed by atoms with Crippen molar-refractivity contribution in [2.45, 2.75) is 20.0 Å². The van der Waals surface area contributed by atoms with Crippen molar-refractivity contribution >= 4 is 52.4 Å². The van der Waals surface area contributed by atoms with Gasteiger partial charge in [0.1, 0.15) is 18.2 Å². The van der Waals surface area contributed by atoms with Gasteiger partial charge >= 0.3 is 0 Å². The number of anilines is 4. The van der Waals surface area contributed by atoms with Crippen molar-refractivity contribution in [3.8, 4) is 5.75 Å². The van der Waals surface area contributed by atoms with Gasteiger partial charge in [-0.05, 0) is 36.8 Å². The molecule has 8 nitrogen and oxygen atoms in total. The number of hydrogen-bond acceptors (Lipinski definition) is 7. The van der Waals surface area contributed by atoms with Crippen LogP contribution in [0.3, 0.4) is 0 Å². The minimum Gasteiger partial charge on any atom is -0.487 e. The molecule has 1 fully saturated rings. The SMILES string of the molecule is CC(=O)Nc1cccc(Nc2ncnc(N3CC(Oc4ccc(Cl)c(Cl)c4)C3)n2)c1C. The molecule has 2 N–H and O–H groups in total. The van der Waals surface area contributed by atoms with Crippen LogP contribution < -0.4 is 20.3 Å². The first-order valence-electron chi connectivity index (χ1n) is 9.59. The van der Waals surface area contributed by atoms with Crippen LogP contribution in [0.1, 0.15) is 12.5 Å². The maximum atomic E-state index is 11.4. The monoisotopic (exact) mass is 458 g/mol. The molecule has 1 amide bonds. The number of carbonyl (C=O) groups is 1. The first-order valence-corrected chi connectivity index (χ1v) is 10.3. The van der Waals surface area contributed by atoms with Gasteiger partial charge in [0, 0.05) is 24.4 Å². The Balaban J connectivity index is 1.39. The van der Waals surface area contributed by atoms with Crippen LogP contribution in [0.5, 0.6) is 5.75 Å². The highest BCUT2D eigenvalue weighted by Crippen LogP contribution is 2.29. The first kappa shape index (κ1) is 21.1. The van der Waals surface area contributed by atoms with E-state index in [1.807, 2.05) is 30.0 Å². The minimum absolute atomic E-state index is 0.00185. The van der Waals surface area contributed by atoms with Crippen molar-refractivity contribution in [1.82, 2.24) is 15.0 Å². The van der Waals surface area contributed by atoms with E-state index in [9.17, 15) is 4.79 Å². The predicted octanol–water partition coefficient (Wildman–Crippen LogP) is 4.46. The highest BCUT2D eigenvalue weighted by Gasteiger charge is 2.31. The number of halogens is 2. The molecular formula is C21H20Cl2N6O2. The van der Waals surface area contributed by atoms with Gasteiger partial charge in [0.15, 0.2) is 0 Å². The van der Waals surface area contributed by atoms with E-state index < -0.39 is 0 Å². The molecule has 0 atom stereocenters. The lowest BCUT2D eigenvalue weighted by Crippen LogP contribution is -2.54. The molecule has 4 rings (SSSR count). The number of nitrogens with one attached hydrogen (secondary N) is 2. The predicted molar refractivity (Wildman–Crippen MR) is 122 cm³/mol. The molecule has 2 heterocycles. The summed E-state index contributed by atoms with van der Waals surface area (Å²) in [5.74, 6) is 1.52. The van der Waals surface area contributed by atoms with Gasteiger partial charge in [-0.25, -0.2) is 9.97 Å². The minimum atomic E-state index is -0.127. The third-order valence-corrected chi connectivity index (χ3v) is 5.51. The summed E-state index contributed by atoms with van der Waals surface area (Å²) in [6, 6.07) is 10.8. The standard InChI is InChI=1S/C21H20Cl2N6O2/c1-12-18(26-13(2)30)4-3-5-19(12)27-20-24-11-25-21(28-20)29-9-15(10-29)31-14-6-7-16(22)17(23)8-14/h3-8,11,15H,9-10H2,1-2H3,(H,26,30)(H,24,25,27,28). The zero-order chi connectivity index (χ0) is 22.0. The summed E-state index contributed by atoms with van der Waals surface area (Å²) in [5.41, 5.74) is 2.42. The van der Waals surface area contributed by atoms with E-state index in [0.717, 1.165) is 16.9 Å². The van der Waals surface area contributed by atoms with E-state index in [2.05, 4.69) is 25.6 Å². The summed E-state index contributed by atoms with van der Waals surface area (Å²) in [7, 11) is 0. The normalized spacial score (nSPS) is 13.5. The Hall–Kier alpha value is -3.10. The molecule has 0 radical (unpaired) electrons. The molecule has 31 heavy (non-hydrogen) atoms. The number of rotatable bonds is 6. The molecule has 0 aliphatic carbocycles. The van der Waals surface area contributed by atoms with Crippen LogP contribution in [0.4, 0.5) is 23.3 Å². The van der Waals surface area contributed by atoms with Crippen LogP contribution in [-0.2, 0) is 4.79 Å². The molecule has 160 valence electrons. The molecule has 0 saturated carbocycles. The largest absolute Gasteiger partial charge is 0.487 e. The third kappa shape index (κ3) is 4.98. The second-order valence-electron chi connectivity index (χ2n) is 7.11. The van der Waals surface area contributed by atoms with Gasteiger partial charge in [-0.15, -0.1) is 0 Å². The Morgan fingerprint density at radius 1 is 1.13 bits per heavy atom. The molecule has 1 aliphatic heterocycles. The molecule has 0 bridgehead atoms. The Labute approximate surface area is 189 Å². The fourth-order valence-electron chi connectivity index (χ4n) is 3.14. The van der Waals surface area contributed by atoms with Crippen LogP contribution >= 0.6 is 23.2 Å². The molecule has 1 aromatic heterocycles. The second kappa shape index (κ2) is 8.95. The number of ether oxygens (including phenoxy) is 1.